The summed E-state index contributed by atoms with van der Waals surface area (Å²) in [7, 11) is 0. The van der Waals surface area contributed by atoms with Crippen molar-refractivity contribution in [1.82, 2.24) is 0 Å². The maximum Gasteiger partial charge on any atom is 0.0702 e. The van der Waals surface area contributed by atoms with E-state index in [0.717, 1.165) is 18.2 Å². The fourth-order valence-electron chi connectivity index (χ4n) is 0.570. The second-order valence-electron chi connectivity index (χ2n) is 2.12. The van der Waals surface area contributed by atoms with Crippen LogP contribution in [0.3, 0.4) is 0 Å². The number of unbranched alkanes of at least 4 members (excludes halogenated alkanes) is 2. The highest BCUT2D eigenvalue weighted by atomic mass is 79.9. The van der Waals surface area contributed by atoms with Crippen LogP contribution in [0, 0.1) is 23.7 Å². The van der Waals surface area contributed by atoms with Crippen molar-refractivity contribution in [1.29, 1.82) is 0 Å². The topological polar surface area (TPSA) is 0 Å². The van der Waals surface area contributed by atoms with Crippen LogP contribution < -0.4 is 0 Å². The third kappa shape index (κ3) is 9.60. The van der Waals surface area contributed by atoms with Crippen molar-refractivity contribution in [2.75, 3.05) is 5.33 Å². The van der Waals surface area contributed by atoms with Crippen LogP contribution in [0.2, 0.25) is 0 Å². The first kappa shape index (κ1) is 10.6. The summed E-state index contributed by atoms with van der Waals surface area (Å²) in [6.07, 6.45) is 4.17. The van der Waals surface area contributed by atoms with Crippen LogP contribution in [0.5, 0.6) is 0 Å². The van der Waals surface area contributed by atoms with Crippen molar-refractivity contribution < 1.29 is 0 Å². The summed E-state index contributed by atoms with van der Waals surface area (Å²) in [5.74, 6) is 11.9. The molecule has 0 amide bonds. The van der Waals surface area contributed by atoms with Crippen molar-refractivity contribution in [3.8, 4) is 23.7 Å². The number of hydrogen-bond donors (Lipinski definition) is 0. The molecule has 0 spiro atoms. The molecule has 0 aromatic rings. The zero-order valence-corrected chi connectivity index (χ0v) is 8.50. The smallest absolute Gasteiger partial charge is 0.0702 e. The van der Waals surface area contributed by atoms with Gasteiger partial charge in [0.25, 0.3) is 0 Å². The second-order valence-corrected chi connectivity index (χ2v) is 2.68. The highest BCUT2D eigenvalue weighted by molar-refractivity contribution is 9.09. The highest BCUT2D eigenvalue weighted by Gasteiger charge is 1.74. The third-order valence-corrected chi connectivity index (χ3v) is 1.43. The molecule has 0 fully saturated rings. The van der Waals surface area contributed by atoms with E-state index in [1.54, 1.807) is 0 Å². The van der Waals surface area contributed by atoms with Crippen LogP contribution in [0.25, 0.3) is 0 Å². The summed E-state index contributed by atoms with van der Waals surface area (Å²) in [5.41, 5.74) is 0. The van der Waals surface area contributed by atoms with Gasteiger partial charge >= 0.3 is 0 Å². The summed E-state index contributed by atoms with van der Waals surface area (Å²) < 4.78 is 0. The van der Waals surface area contributed by atoms with E-state index in [0.29, 0.717) is 0 Å². The van der Waals surface area contributed by atoms with Gasteiger partial charge in [0.15, 0.2) is 0 Å². The van der Waals surface area contributed by atoms with Crippen molar-refractivity contribution in [3.63, 3.8) is 0 Å². The van der Waals surface area contributed by atoms with Crippen molar-refractivity contribution >= 4 is 15.9 Å². The van der Waals surface area contributed by atoms with Gasteiger partial charge in [-0.3, -0.25) is 0 Å². The van der Waals surface area contributed by atoms with Crippen molar-refractivity contribution in [2.24, 2.45) is 0 Å². The number of halogens is 1. The van der Waals surface area contributed by atoms with Gasteiger partial charge in [0, 0.05) is 6.42 Å². The molecule has 0 aliphatic carbocycles. The largest absolute Gasteiger partial charge is 0.102 e. The monoisotopic (exact) mass is 212 g/mol. The van der Waals surface area contributed by atoms with Gasteiger partial charge in [-0.15, -0.1) is 5.92 Å². The molecule has 0 unspecified atom stereocenters. The van der Waals surface area contributed by atoms with E-state index in [1.807, 2.05) is 0 Å². The van der Waals surface area contributed by atoms with E-state index in [4.69, 9.17) is 0 Å². The third-order valence-electron chi connectivity index (χ3n) is 1.15. The highest BCUT2D eigenvalue weighted by Crippen LogP contribution is 1.90. The lowest BCUT2D eigenvalue weighted by atomic mass is 10.2. The van der Waals surface area contributed by atoms with Gasteiger partial charge in [-0.05, 0) is 6.42 Å². The molecule has 0 heterocycles. The normalized spacial score (nSPS) is 7.45. The molecule has 0 nitrogen and oxygen atoms in total. The van der Waals surface area contributed by atoms with Crippen LogP contribution in [0.4, 0.5) is 0 Å². The predicted octanol–water partition coefficient (Wildman–Crippen LogP) is 2.97. The average Bonchev–Trinajstić information content (AvgIpc) is 2.03. The van der Waals surface area contributed by atoms with Gasteiger partial charge in [0.1, 0.15) is 0 Å². The van der Waals surface area contributed by atoms with Crippen molar-refractivity contribution in [2.45, 2.75) is 32.6 Å². The Bertz CT molecular complexity index is 184. The first-order chi connectivity index (χ1) is 5.41. The maximum atomic E-state index is 3.22. The number of hydrogen-bond acceptors (Lipinski definition) is 0. The molecule has 0 rings (SSSR count). The van der Waals surface area contributed by atoms with Gasteiger partial charge in [0.2, 0.25) is 0 Å². The molecule has 0 atom stereocenters. The molecule has 0 aliphatic heterocycles. The maximum absolute atomic E-state index is 3.22. The fraction of sp³-hybridized carbons (Fsp3) is 0.600. The van der Waals surface area contributed by atoms with Gasteiger partial charge < -0.3 is 0 Å². The van der Waals surface area contributed by atoms with Gasteiger partial charge in [0.05, 0.1) is 11.8 Å². The number of rotatable bonds is 2. The predicted molar refractivity (Wildman–Crippen MR) is 53.5 cm³/mol. The first-order valence-electron chi connectivity index (χ1n) is 3.89. The minimum Gasteiger partial charge on any atom is -0.102 e. The lowest BCUT2D eigenvalue weighted by Gasteiger charge is -1.82. The Morgan fingerprint density at radius 1 is 1.09 bits per heavy atom. The Morgan fingerprint density at radius 2 is 1.82 bits per heavy atom. The minimum atomic E-state index is 0.718. The Hall–Kier alpha value is -0.400. The Kier molecular flexibility index (Phi) is 9.25. The molecule has 60 valence electrons. The van der Waals surface area contributed by atoms with E-state index < -0.39 is 0 Å². The van der Waals surface area contributed by atoms with E-state index in [2.05, 4.69) is 46.5 Å². The Balaban J connectivity index is 3.25. The average molecular weight is 213 g/mol. The Morgan fingerprint density at radius 3 is 2.45 bits per heavy atom. The molecule has 0 radical (unpaired) electrons. The number of alkyl halides is 1. The zero-order chi connectivity index (χ0) is 8.36. The van der Waals surface area contributed by atoms with Crippen LogP contribution in [0.1, 0.15) is 32.6 Å². The van der Waals surface area contributed by atoms with Gasteiger partial charge in [-0.1, -0.05) is 47.0 Å². The van der Waals surface area contributed by atoms with Crippen LogP contribution >= 0.6 is 15.9 Å². The first-order valence-corrected chi connectivity index (χ1v) is 5.01. The van der Waals surface area contributed by atoms with E-state index >= 15 is 0 Å². The van der Waals surface area contributed by atoms with Crippen LogP contribution in [0.15, 0.2) is 0 Å². The molecule has 0 bridgehead atoms. The fourth-order valence-corrected chi connectivity index (χ4v) is 0.768. The molecule has 11 heavy (non-hydrogen) atoms. The molecule has 0 N–H and O–H groups in total. The lowest BCUT2D eigenvalue weighted by Crippen LogP contribution is -1.67. The SMILES string of the molecule is CCCCC#CCC#CCBr. The summed E-state index contributed by atoms with van der Waals surface area (Å²) in [5, 5.41) is 0.754. The second kappa shape index (κ2) is 9.60. The standard InChI is InChI=1S/C10H13Br/c1-2-3-4-5-6-7-8-9-10-11/h2-4,7,10H2,1H3. The molecular weight excluding hydrogens is 200 g/mol. The molecule has 0 saturated carbocycles. The van der Waals surface area contributed by atoms with Crippen molar-refractivity contribution in [3.05, 3.63) is 0 Å². The summed E-state index contributed by atoms with van der Waals surface area (Å²) in [4.78, 5) is 0. The lowest BCUT2D eigenvalue weighted by molar-refractivity contribution is 0.828. The Labute approximate surface area is 77.9 Å². The van der Waals surface area contributed by atoms with Crippen LogP contribution in [-0.2, 0) is 0 Å². The quantitative estimate of drug-likeness (QED) is 0.376. The molecule has 0 saturated heterocycles. The minimum absolute atomic E-state index is 0.718. The molecule has 0 aromatic heterocycles. The summed E-state index contributed by atoms with van der Waals surface area (Å²) >= 11 is 3.22. The van der Waals surface area contributed by atoms with E-state index in [9.17, 15) is 0 Å². The zero-order valence-electron chi connectivity index (χ0n) is 6.91. The molecular formula is C10H13Br. The van der Waals surface area contributed by atoms with E-state index in [1.165, 1.54) is 12.8 Å². The molecule has 1 heteroatoms. The van der Waals surface area contributed by atoms with Crippen LogP contribution in [-0.4, -0.2) is 5.33 Å². The molecule has 0 aromatic carbocycles. The van der Waals surface area contributed by atoms with E-state index in [-0.39, 0.29) is 0 Å². The molecule has 0 aliphatic rings. The van der Waals surface area contributed by atoms with Gasteiger partial charge in [-0.2, -0.15) is 0 Å². The summed E-state index contributed by atoms with van der Waals surface area (Å²) in [6.45, 7) is 2.17. The summed E-state index contributed by atoms with van der Waals surface area (Å²) in [6, 6.07) is 0. The van der Waals surface area contributed by atoms with Gasteiger partial charge in [-0.25, -0.2) is 0 Å².